The Labute approximate surface area is 105 Å². The minimum Gasteiger partial charge on any atom is -0.481 e. The van der Waals surface area contributed by atoms with Crippen LogP contribution >= 0.6 is 0 Å². The maximum absolute atomic E-state index is 12.0. The van der Waals surface area contributed by atoms with E-state index in [9.17, 15) is 14.4 Å². The molecule has 0 aromatic carbocycles. The fourth-order valence-electron chi connectivity index (χ4n) is 1.72. The van der Waals surface area contributed by atoms with Crippen molar-refractivity contribution in [2.75, 3.05) is 33.3 Å². The molecule has 102 valence electrons. The van der Waals surface area contributed by atoms with Gasteiger partial charge in [0.25, 0.3) is 0 Å². The number of amides is 2. The quantitative estimate of drug-likeness (QED) is 0.702. The van der Waals surface area contributed by atoms with Crippen LogP contribution in [0.3, 0.4) is 0 Å². The maximum Gasteiger partial charge on any atom is 0.325 e. The number of urea groups is 1. The Hall–Kier alpha value is -1.79. The molecular weight excluding hydrogens is 240 g/mol. The number of rotatable bonds is 5. The smallest absolute Gasteiger partial charge is 0.325 e. The molecule has 7 heteroatoms. The first-order chi connectivity index (χ1) is 8.49. The third-order valence-electron chi connectivity index (χ3n) is 2.81. The summed E-state index contributed by atoms with van der Waals surface area (Å²) in [5.74, 6) is -1.86. The Bertz CT molecular complexity index is 338. The highest BCUT2D eigenvalue weighted by Crippen LogP contribution is 2.17. The molecule has 0 atom stereocenters. The van der Waals surface area contributed by atoms with Crippen molar-refractivity contribution >= 4 is 18.0 Å². The summed E-state index contributed by atoms with van der Waals surface area (Å²) >= 11 is 0. The third-order valence-corrected chi connectivity index (χ3v) is 2.81. The van der Waals surface area contributed by atoms with Gasteiger partial charge in [-0.2, -0.15) is 0 Å². The Kier molecular flexibility index (Phi) is 4.94. The zero-order valence-electron chi connectivity index (χ0n) is 10.6. The largest absolute Gasteiger partial charge is 0.481 e. The second-order valence-corrected chi connectivity index (χ2v) is 4.22. The Morgan fingerprint density at radius 3 is 2.44 bits per heavy atom. The van der Waals surface area contributed by atoms with Gasteiger partial charge in [-0.05, 0) is 6.42 Å². The minimum absolute atomic E-state index is 0.0998. The fourth-order valence-corrected chi connectivity index (χ4v) is 1.72. The molecule has 2 amide bonds. The average molecular weight is 258 g/mol. The van der Waals surface area contributed by atoms with Crippen LogP contribution in [0.5, 0.6) is 0 Å². The van der Waals surface area contributed by atoms with E-state index in [-0.39, 0.29) is 25.7 Å². The molecule has 1 aliphatic heterocycles. The van der Waals surface area contributed by atoms with E-state index < -0.39 is 17.9 Å². The molecule has 1 heterocycles. The van der Waals surface area contributed by atoms with Gasteiger partial charge in [0.15, 0.2) is 0 Å². The molecule has 0 bridgehead atoms. The summed E-state index contributed by atoms with van der Waals surface area (Å²) in [7, 11) is 1.26. The fraction of sp³-hybridized carbons (Fsp3) is 0.727. The lowest BCUT2D eigenvalue weighted by Crippen LogP contribution is -2.57. The lowest BCUT2D eigenvalue weighted by Gasteiger charge is -2.39. The van der Waals surface area contributed by atoms with Gasteiger partial charge in [0, 0.05) is 19.6 Å². The number of hydrogen-bond donors (Lipinski definition) is 1. The van der Waals surface area contributed by atoms with Crippen molar-refractivity contribution < 1.29 is 24.2 Å². The van der Waals surface area contributed by atoms with E-state index >= 15 is 0 Å². The topological polar surface area (TPSA) is 87.2 Å². The maximum atomic E-state index is 12.0. The molecule has 0 spiro atoms. The molecule has 0 saturated carbocycles. The molecule has 1 N–H and O–H groups in total. The molecule has 18 heavy (non-hydrogen) atoms. The standard InChI is InChI=1S/C11H18N2O5/c1-3-4-12(7-9(14)18-2)11(17)13-5-8(6-13)10(15)16/h8H,3-7H2,1-2H3,(H,15,16). The lowest BCUT2D eigenvalue weighted by atomic mass is 10.0. The van der Waals surface area contributed by atoms with E-state index in [0.29, 0.717) is 6.54 Å². The van der Waals surface area contributed by atoms with Crippen LogP contribution in [0, 0.1) is 5.92 Å². The predicted molar refractivity (Wildman–Crippen MR) is 62.0 cm³/mol. The average Bonchev–Trinajstić information content (AvgIpc) is 2.25. The van der Waals surface area contributed by atoms with Gasteiger partial charge in [-0.25, -0.2) is 4.79 Å². The van der Waals surface area contributed by atoms with Gasteiger partial charge in [0.2, 0.25) is 0 Å². The van der Waals surface area contributed by atoms with Crippen molar-refractivity contribution in [3.63, 3.8) is 0 Å². The van der Waals surface area contributed by atoms with Crippen LogP contribution in [0.15, 0.2) is 0 Å². The van der Waals surface area contributed by atoms with Crippen molar-refractivity contribution in [2.45, 2.75) is 13.3 Å². The van der Waals surface area contributed by atoms with Gasteiger partial charge < -0.3 is 19.6 Å². The lowest BCUT2D eigenvalue weighted by molar-refractivity contribution is -0.147. The molecular formula is C11H18N2O5. The molecule has 0 unspecified atom stereocenters. The number of nitrogens with zero attached hydrogens (tertiary/aromatic N) is 2. The molecule has 1 rings (SSSR count). The molecule has 7 nitrogen and oxygen atoms in total. The highest BCUT2D eigenvalue weighted by Gasteiger charge is 2.37. The van der Waals surface area contributed by atoms with E-state index in [1.165, 1.54) is 16.9 Å². The summed E-state index contributed by atoms with van der Waals surface area (Å²) in [6.07, 6.45) is 0.721. The van der Waals surface area contributed by atoms with E-state index in [1.807, 2.05) is 6.92 Å². The molecule has 0 radical (unpaired) electrons. The summed E-state index contributed by atoms with van der Waals surface area (Å²) in [6.45, 7) is 2.65. The number of ether oxygens (including phenoxy) is 1. The van der Waals surface area contributed by atoms with Gasteiger partial charge in [-0.1, -0.05) is 6.92 Å². The van der Waals surface area contributed by atoms with Crippen LogP contribution < -0.4 is 0 Å². The summed E-state index contributed by atoms with van der Waals surface area (Å²) in [5.41, 5.74) is 0. The summed E-state index contributed by atoms with van der Waals surface area (Å²) in [5, 5.41) is 8.73. The molecule has 1 aliphatic rings. The van der Waals surface area contributed by atoms with Crippen molar-refractivity contribution in [1.29, 1.82) is 0 Å². The highest BCUT2D eigenvalue weighted by atomic mass is 16.5. The van der Waals surface area contributed by atoms with E-state index in [0.717, 1.165) is 6.42 Å². The zero-order valence-corrected chi connectivity index (χ0v) is 10.6. The Morgan fingerprint density at radius 1 is 1.39 bits per heavy atom. The van der Waals surface area contributed by atoms with E-state index in [2.05, 4.69) is 4.74 Å². The van der Waals surface area contributed by atoms with Crippen molar-refractivity contribution in [1.82, 2.24) is 9.80 Å². The second kappa shape index (κ2) is 6.23. The van der Waals surface area contributed by atoms with Crippen molar-refractivity contribution in [3.05, 3.63) is 0 Å². The first-order valence-corrected chi connectivity index (χ1v) is 5.83. The number of carbonyl (C=O) groups excluding carboxylic acids is 2. The van der Waals surface area contributed by atoms with Gasteiger partial charge in [-0.15, -0.1) is 0 Å². The van der Waals surface area contributed by atoms with E-state index in [4.69, 9.17) is 5.11 Å². The summed E-state index contributed by atoms with van der Waals surface area (Å²) in [6, 6.07) is -0.306. The van der Waals surface area contributed by atoms with Crippen molar-refractivity contribution in [3.8, 4) is 0 Å². The van der Waals surface area contributed by atoms with Crippen LogP contribution in [0.4, 0.5) is 4.79 Å². The minimum atomic E-state index is -0.894. The van der Waals surface area contributed by atoms with Crippen LogP contribution in [0.25, 0.3) is 0 Å². The molecule has 0 aromatic rings. The predicted octanol–water partition coefficient (Wildman–Crippen LogP) is 0.00780. The first-order valence-electron chi connectivity index (χ1n) is 5.83. The third kappa shape index (κ3) is 3.35. The Morgan fingerprint density at radius 2 is 2.00 bits per heavy atom. The van der Waals surface area contributed by atoms with E-state index in [1.54, 1.807) is 0 Å². The number of carbonyl (C=O) groups is 3. The molecule has 1 fully saturated rings. The monoisotopic (exact) mass is 258 g/mol. The van der Waals surface area contributed by atoms with Gasteiger partial charge in [-0.3, -0.25) is 9.59 Å². The molecule has 0 aliphatic carbocycles. The van der Waals surface area contributed by atoms with Crippen molar-refractivity contribution in [2.24, 2.45) is 5.92 Å². The number of aliphatic carboxylic acids is 1. The van der Waals surface area contributed by atoms with Gasteiger partial charge in [0.05, 0.1) is 13.0 Å². The molecule has 0 aromatic heterocycles. The number of carboxylic acids is 1. The van der Waals surface area contributed by atoms with Gasteiger partial charge in [0.1, 0.15) is 6.54 Å². The second-order valence-electron chi connectivity index (χ2n) is 4.22. The Balaban J connectivity index is 2.51. The van der Waals surface area contributed by atoms with Crippen LogP contribution in [-0.4, -0.2) is 66.2 Å². The van der Waals surface area contributed by atoms with Crippen LogP contribution in [-0.2, 0) is 14.3 Å². The number of likely N-dealkylation sites (tertiary alicyclic amines) is 1. The van der Waals surface area contributed by atoms with Crippen LogP contribution in [0.1, 0.15) is 13.3 Å². The highest BCUT2D eigenvalue weighted by molar-refractivity contribution is 5.83. The number of methoxy groups -OCH3 is 1. The molecule has 1 saturated heterocycles. The number of carboxylic acid groups (broad SMARTS) is 1. The van der Waals surface area contributed by atoms with Gasteiger partial charge >= 0.3 is 18.0 Å². The summed E-state index contributed by atoms with van der Waals surface area (Å²) in [4.78, 5) is 36.6. The zero-order chi connectivity index (χ0) is 13.7. The normalized spacial score (nSPS) is 14.9. The van der Waals surface area contributed by atoms with Crippen LogP contribution in [0.2, 0.25) is 0 Å². The number of esters is 1. The first kappa shape index (κ1) is 14.3. The summed E-state index contributed by atoms with van der Waals surface area (Å²) < 4.78 is 4.52. The number of hydrogen-bond acceptors (Lipinski definition) is 4. The SMILES string of the molecule is CCCN(CC(=O)OC)C(=O)N1CC(C(=O)O)C1.